The lowest BCUT2D eigenvalue weighted by molar-refractivity contribution is 0.995. The van der Waals surface area contributed by atoms with Gasteiger partial charge in [0.1, 0.15) is 0 Å². The monoisotopic (exact) mass is 226 g/mol. The number of aryl methyl sites for hydroxylation is 2. The molecule has 0 radical (unpaired) electrons. The fraction of sp³-hybridized carbons (Fsp3) is 0.267. The number of anilines is 1. The van der Waals surface area contributed by atoms with Crippen molar-refractivity contribution in [2.75, 3.05) is 11.9 Å². The van der Waals surface area contributed by atoms with Crippen molar-refractivity contribution in [2.24, 2.45) is 0 Å². The summed E-state index contributed by atoms with van der Waals surface area (Å²) in [5.41, 5.74) is 4.85. The highest BCUT2D eigenvalue weighted by molar-refractivity contribution is 5.50. The number of nitrogens with one attached hydrogen (secondary N) is 1. The van der Waals surface area contributed by atoms with Crippen molar-refractivity contribution in [3.8, 4) is 0 Å². The number of nitrogens with zero attached hydrogens (tertiary/aromatic N) is 1. The van der Waals surface area contributed by atoms with Crippen LogP contribution in [0.4, 0.5) is 5.69 Å². The molecular formula is C15H18N2. The first-order valence-corrected chi connectivity index (χ1v) is 5.97. The third-order valence-electron chi connectivity index (χ3n) is 2.85. The van der Waals surface area contributed by atoms with E-state index in [1.54, 1.807) is 0 Å². The maximum atomic E-state index is 4.29. The standard InChI is InChI=1S/C15H18N2/c1-12-5-3-4-6-15(12)16-10-9-14-8-7-13(2)17-11-14/h3-8,11,16H,9-10H2,1-2H3. The Bertz CT molecular complexity index is 475. The van der Waals surface area contributed by atoms with Gasteiger partial charge >= 0.3 is 0 Å². The number of hydrogen-bond donors (Lipinski definition) is 1. The summed E-state index contributed by atoms with van der Waals surface area (Å²) in [5, 5.41) is 3.45. The fourth-order valence-corrected chi connectivity index (χ4v) is 1.76. The van der Waals surface area contributed by atoms with Crippen molar-refractivity contribution < 1.29 is 0 Å². The molecule has 0 saturated carbocycles. The van der Waals surface area contributed by atoms with Gasteiger partial charge in [0.15, 0.2) is 0 Å². The maximum absolute atomic E-state index is 4.29. The van der Waals surface area contributed by atoms with E-state index in [-0.39, 0.29) is 0 Å². The molecule has 1 aromatic carbocycles. The van der Waals surface area contributed by atoms with Crippen LogP contribution in [0.2, 0.25) is 0 Å². The minimum absolute atomic E-state index is 0.940. The minimum Gasteiger partial charge on any atom is -0.384 e. The molecule has 0 atom stereocenters. The van der Waals surface area contributed by atoms with Crippen LogP contribution in [0.15, 0.2) is 42.6 Å². The zero-order valence-corrected chi connectivity index (χ0v) is 10.4. The second-order valence-corrected chi connectivity index (χ2v) is 4.30. The molecule has 88 valence electrons. The van der Waals surface area contributed by atoms with Crippen LogP contribution < -0.4 is 5.32 Å². The van der Waals surface area contributed by atoms with Crippen molar-refractivity contribution in [3.05, 3.63) is 59.4 Å². The van der Waals surface area contributed by atoms with Gasteiger partial charge in [0.2, 0.25) is 0 Å². The van der Waals surface area contributed by atoms with Gasteiger partial charge in [-0.2, -0.15) is 0 Å². The minimum atomic E-state index is 0.940. The summed E-state index contributed by atoms with van der Waals surface area (Å²) in [6.45, 7) is 5.07. The van der Waals surface area contributed by atoms with Crippen molar-refractivity contribution in [3.63, 3.8) is 0 Å². The summed E-state index contributed by atoms with van der Waals surface area (Å²) < 4.78 is 0. The molecule has 0 fully saturated rings. The first-order valence-electron chi connectivity index (χ1n) is 5.97. The second kappa shape index (κ2) is 5.48. The van der Waals surface area contributed by atoms with Gasteiger partial charge in [-0.05, 0) is 43.5 Å². The molecule has 2 aromatic rings. The van der Waals surface area contributed by atoms with Crippen LogP contribution in [-0.2, 0) is 6.42 Å². The molecule has 1 N–H and O–H groups in total. The topological polar surface area (TPSA) is 24.9 Å². The van der Waals surface area contributed by atoms with Gasteiger partial charge in [-0.25, -0.2) is 0 Å². The van der Waals surface area contributed by atoms with E-state index in [2.05, 4.69) is 53.6 Å². The van der Waals surface area contributed by atoms with E-state index in [4.69, 9.17) is 0 Å². The second-order valence-electron chi connectivity index (χ2n) is 4.30. The van der Waals surface area contributed by atoms with Gasteiger partial charge in [-0.3, -0.25) is 4.98 Å². The summed E-state index contributed by atoms with van der Waals surface area (Å²) in [7, 11) is 0. The number of benzene rings is 1. The summed E-state index contributed by atoms with van der Waals surface area (Å²) in [5.74, 6) is 0. The van der Waals surface area contributed by atoms with Crippen LogP contribution in [0.1, 0.15) is 16.8 Å². The Morgan fingerprint density at radius 1 is 1.06 bits per heavy atom. The van der Waals surface area contributed by atoms with E-state index >= 15 is 0 Å². The largest absolute Gasteiger partial charge is 0.384 e. The smallest absolute Gasteiger partial charge is 0.0372 e. The van der Waals surface area contributed by atoms with Crippen LogP contribution in [0, 0.1) is 13.8 Å². The highest BCUT2D eigenvalue weighted by Gasteiger charge is 1.96. The number of hydrogen-bond acceptors (Lipinski definition) is 2. The summed E-state index contributed by atoms with van der Waals surface area (Å²) >= 11 is 0. The Morgan fingerprint density at radius 3 is 2.59 bits per heavy atom. The molecule has 2 rings (SSSR count). The molecule has 17 heavy (non-hydrogen) atoms. The van der Waals surface area contributed by atoms with E-state index in [0.717, 1.165) is 18.7 Å². The normalized spacial score (nSPS) is 10.2. The van der Waals surface area contributed by atoms with E-state index in [1.807, 2.05) is 13.1 Å². The van der Waals surface area contributed by atoms with E-state index in [0.29, 0.717) is 0 Å². The zero-order valence-electron chi connectivity index (χ0n) is 10.4. The van der Waals surface area contributed by atoms with E-state index in [9.17, 15) is 0 Å². The number of aromatic nitrogens is 1. The van der Waals surface area contributed by atoms with Gasteiger partial charge < -0.3 is 5.32 Å². The van der Waals surface area contributed by atoms with Crippen molar-refractivity contribution in [1.29, 1.82) is 0 Å². The third-order valence-corrected chi connectivity index (χ3v) is 2.85. The molecule has 2 heteroatoms. The lowest BCUT2D eigenvalue weighted by Crippen LogP contribution is -2.06. The predicted octanol–water partition coefficient (Wildman–Crippen LogP) is 3.35. The molecule has 0 aliphatic carbocycles. The number of para-hydroxylation sites is 1. The lowest BCUT2D eigenvalue weighted by atomic mass is 10.1. The van der Waals surface area contributed by atoms with Gasteiger partial charge in [0.25, 0.3) is 0 Å². The molecular weight excluding hydrogens is 208 g/mol. The maximum Gasteiger partial charge on any atom is 0.0372 e. The molecule has 0 amide bonds. The summed E-state index contributed by atoms with van der Waals surface area (Å²) in [6, 6.07) is 12.6. The van der Waals surface area contributed by atoms with Gasteiger partial charge in [-0.1, -0.05) is 24.3 Å². The molecule has 2 nitrogen and oxygen atoms in total. The number of rotatable bonds is 4. The highest BCUT2D eigenvalue weighted by Crippen LogP contribution is 2.13. The Balaban J connectivity index is 1.88. The summed E-state index contributed by atoms with van der Waals surface area (Å²) in [6.07, 6.45) is 2.95. The van der Waals surface area contributed by atoms with Gasteiger partial charge in [-0.15, -0.1) is 0 Å². The first kappa shape index (κ1) is 11.6. The van der Waals surface area contributed by atoms with Crippen molar-refractivity contribution in [2.45, 2.75) is 20.3 Å². The molecule has 0 spiro atoms. The van der Waals surface area contributed by atoms with Gasteiger partial charge in [0, 0.05) is 24.1 Å². The van der Waals surface area contributed by atoms with Crippen molar-refractivity contribution in [1.82, 2.24) is 4.98 Å². The Labute approximate surface area is 103 Å². The number of pyridine rings is 1. The predicted molar refractivity (Wildman–Crippen MR) is 72.3 cm³/mol. The molecule has 0 unspecified atom stereocenters. The van der Waals surface area contributed by atoms with E-state index in [1.165, 1.54) is 16.8 Å². The Hall–Kier alpha value is -1.83. The lowest BCUT2D eigenvalue weighted by Gasteiger charge is -2.09. The molecule has 0 saturated heterocycles. The Morgan fingerprint density at radius 2 is 1.88 bits per heavy atom. The Kier molecular flexibility index (Phi) is 3.76. The van der Waals surface area contributed by atoms with Crippen LogP contribution >= 0.6 is 0 Å². The van der Waals surface area contributed by atoms with Gasteiger partial charge in [0.05, 0.1) is 0 Å². The average Bonchev–Trinajstić information content (AvgIpc) is 2.34. The van der Waals surface area contributed by atoms with E-state index < -0.39 is 0 Å². The third kappa shape index (κ3) is 3.31. The molecule has 0 bridgehead atoms. The summed E-state index contributed by atoms with van der Waals surface area (Å²) in [4.78, 5) is 4.29. The SMILES string of the molecule is Cc1ccc(CCNc2ccccc2C)cn1. The zero-order chi connectivity index (χ0) is 12.1. The fourth-order valence-electron chi connectivity index (χ4n) is 1.76. The van der Waals surface area contributed by atoms with Crippen LogP contribution in [0.3, 0.4) is 0 Å². The van der Waals surface area contributed by atoms with Crippen LogP contribution in [0.25, 0.3) is 0 Å². The molecule has 1 heterocycles. The first-order chi connectivity index (χ1) is 8.25. The average molecular weight is 226 g/mol. The quantitative estimate of drug-likeness (QED) is 0.864. The van der Waals surface area contributed by atoms with Crippen LogP contribution in [0.5, 0.6) is 0 Å². The molecule has 0 aliphatic rings. The van der Waals surface area contributed by atoms with Crippen molar-refractivity contribution >= 4 is 5.69 Å². The highest BCUT2D eigenvalue weighted by atomic mass is 14.9. The molecule has 0 aliphatic heterocycles. The molecule has 1 aromatic heterocycles. The van der Waals surface area contributed by atoms with Crippen LogP contribution in [-0.4, -0.2) is 11.5 Å².